The molecule has 1 atom stereocenters. The van der Waals surface area contributed by atoms with Gasteiger partial charge in [0, 0.05) is 0 Å². The first-order valence-electron chi connectivity index (χ1n) is 9.47. The van der Waals surface area contributed by atoms with E-state index in [0.717, 1.165) is 5.57 Å². The van der Waals surface area contributed by atoms with Gasteiger partial charge < -0.3 is 0 Å². The molecule has 0 radical (unpaired) electrons. The van der Waals surface area contributed by atoms with Crippen molar-refractivity contribution in [2.45, 2.75) is 40.5 Å². The van der Waals surface area contributed by atoms with Gasteiger partial charge in [-0.25, -0.2) is 0 Å². The minimum absolute atomic E-state index is 1.09. The second-order valence-electron chi connectivity index (χ2n) is 6.71. The van der Waals surface area contributed by atoms with Crippen molar-refractivity contribution >= 4 is 20.4 Å². The molecule has 2 rings (SSSR count). The van der Waals surface area contributed by atoms with Gasteiger partial charge in [0.15, 0.2) is 0 Å². The Hall–Kier alpha value is -2.17. The molecule has 0 nitrogen and oxygen atoms in total. The standard InChI is InChI=1S/C16H19P.C10H14/c1-5-6-7-16(17)13(4)15-10-8-14(9-11-15)12(2)3;1-3-6-10-8-5-4-7-9(10)2/h5-11H,1-2,17H2,3-4H3;4-5,7-8H,3,6H2,1-2H3/b7-6-,16-13-;. The molecule has 0 aliphatic heterocycles. The second kappa shape index (κ2) is 12.3. The first-order chi connectivity index (χ1) is 12.9. The fraction of sp³-hybridized carbons (Fsp3) is 0.231. The van der Waals surface area contributed by atoms with Crippen LogP contribution in [0.3, 0.4) is 0 Å². The lowest BCUT2D eigenvalue weighted by Crippen LogP contribution is -1.85. The molecule has 2 aromatic carbocycles. The molecule has 0 saturated carbocycles. The Labute approximate surface area is 168 Å². The Morgan fingerprint density at radius 2 is 1.59 bits per heavy atom. The Morgan fingerprint density at radius 1 is 1.00 bits per heavy atom. The third-order valence-corrected chi connectivity index (χ3v) is 5.06. The number of allylic oxidation sites excluding steroid dienone is 6. The van der Waals surface area contributed by atoms with E-state index in [1.54, 1.807) is 6.08 Å². The summed E-state index contributed by atoms with van der Waals surface area (Å²) >= 11 is 0. The van der Waals surface area contributed by atoms with Crippen LogP contribution >= 0.6 is 9.24 Å². The summed E-state index contributed by atoms with van der Waals surface area (Å²) in [4.78, 5) is 0. The summed E-state index contributed by atoms with van der Waals surface area (Å²) in [6.45, 7) is 16.1. The van der Waals surface area contributed by atoms with Crippen molar-refractivity contribution in [1.82, 2.24) is 0 Å². The van der Waals surface area contributed by atoms with Gasteiger partial charge in [-0.3, -0.25) is 0 Å². The summed E-state index contributed by atoms with van der Waals surface area (Å²) < 4.78 is 0. The van der Waals surface area contributed by atoms with Crippen molar-refractivity contribution in [3.05, 3.63) is 107 Å². The third-order valence-electron chi connectivity index (χ3n) is 4.44. The van der Waals surface area contributed by atoms with Crippen LogP contribution in [0.2, 0.25) is 0 Å². The predicted octanol–water partition coefficient (Wildman–Crippen LogP) is 8.02. The van der Waals surface area contributed by atoms with Crippen LogP contribution in [0.15, 0.2) is 85.2 Å². The van der Waals surface area contributed by atoms with E-state index in [2.05, 4.69) is 91.7 Å². The zero-order valence-corrected chi connectivity index (χ0v) is 18.4. The number of hydrogen-bond donors (Lipinski definition) is 0. The third kappa shape index (κ3) is 7.94. The molecule has 0 fully saturated rings. The minimum Gasteiger partial charge on any atom is -0.105 e. The highest BCUT2D eigenvalue weighted by molar-refractivity contribution is 7.23. The number of benzene rings is 2. The van der Waals surface area contributed by atoms with Crippen LogP contribution in [0.4, 0.5) is 0 Å². The molecule has 0 spiro atoms. The number of rotatable bonds is 6. The highest BCUT2D eigenvalue weighted by atomic mass is 31.0. The lowest BCUT2D eigenvalue weighted by molar-refractivity contribution is 0.913. The van der Waals surface area contributed by atoms with E-state index in [0.29, 0.717) is 0 Å². The maximum Gasteiger partial charge on any atom is -0.0221 e. The minimum atomic E-state index is 1.09. The van der Waals surface area contributed by atoms with E-state index in [-0.39, 0.29) is 0 Å². The first-order valence-corrected chi connectivity index (χ1v) is 10.0. The smallest absolute Gasteiger partial charge is 0.0221 e. The average molecular weight is 377 g/mol. The molecule has 0 amide bonds. The molecule has 0 aromatic heterocycles. The van der Waals surface area contributed by atoms with E-state index in [1.807, 2.05) is 19.1 Å². The highest BCUT2D eigenvalue weighted by Crippen LogP contribution is 2.24. The van der Waals surface area contributed by atoms with E-state index in [4.69, 9.17) is 0 Å². The zero-order valence-electron chi connectivity index (χ0n) is 17.3. The maximum atomic E-state index is 3.94. The van der Waals surface area contributed by atoms with Crippen LogP contribution in [-0.4, -0.2) is 0 Å². The Morgan fingerprint density at radius 3 is 2.11 bits per heavy atom. The topological polar surface area (TPSA) is 0 Å². The lowest BCUT2D eigenvalue weighted by atomic mass is 10.0. The van der Waals surface area contributed by atoms with Crippen LogP contribution < -0.4 is 0 Å². The number of aryl methyl sites for hydroxylation is 2. The van der Waals surface area contributed by atoms with Crippen molar-refractivity contribution in [2.75, 3.05) is 0 Å². The molecule has 0 bridgehead atoms. The first kappa shape index (κ1) is 22.9. The van der Waals surface area contributed by atoms with Crippen molar-refractivity contribution in [3.63, 3.8) is 0 Å². The van der Waals surface area contributed by atoms with E-state index < -0.39 is 0 Å². The largest absolute Gasteiger partial charge is 0.105 e. The SMILES string of the molecule is C=C/C=C\C(P)=C(/C)c1ccc(C(=C)C)cc1.CCCc1ccccc1C. The molecule has 0 heterocycles. The van der Waals surface area contributed by atoms with Gasteiger partial charge in [-0.05, 0) is 60.3 Å². The van der Waals surface area contributed by atoms with Crippen molar-refractivity contribution < 1.29 is 0 Å². The van der Waals surface area contributed by atoms with Gasteiger partial charge in [0.2, 0.25) is 0 Å². The highest BCUT2D eigenvalue weighted by Gasteiger charge is 1.99. The van der Waals surface area contributed by atoms with Gasteiger partial charge in [0.1, 0.15) is 0 Å². The molecule has 1 heteroatoms. The molecule has 0 N–H and O–H groups in total. The molecule has 1 unspecified atom stereocenters. The van der Waals surface area contributed by atoms with Gasteiger partial charge in [0.05, 0.1) is 0 Å². The molecule has 0 saturated heterocycles. The van der Waals surface area contributed by atoms with Crippen molar-refractivity contribution in [3.8, 4) is 0 Å². The van der Waals surface area contributed by atoms with Crippen molar-refractivity contribution in [1.29, 1.82) is 0 Å². The van der Waals surface area contributed by atoms with Crippen LogP contribution in [0.1, 0.15) is 49.4 Å². The van der Waals surface area contributed by atoms with Crippen LogP contribution in [0.5, 0.6) is 0 Å². The monoisotopic (exact) mass is 376 g/mol. The summed E-state index contributed by atoms with van der Waals surface area (Å²) in [6, 6.07) is 17.1. The molecule has 27 heavy (non-hydrogen) atoms. The van der Waals surface area contributed by atoms with Gasteiger partial charge in [0.25, 0.3) is 0 Å². The molecular weight excluding hydrogens is 343 g/mol. The zero-order chi connectivity index (χ0) is 20.2. The number of hydrogen-bond acceptors (Lipinski definition) is 0. The fourth-order valence-electron chi connectivity index (χ4n) is 2.63. The van der Waals surface area contributed by atoms with E-state index in [9.17, 15) is 0 Å². The molecule has 2 aromatic rings. The Kier molecular flexibility index (Phi) is 10.4. The summed E-state index contributed by atoms with van der Waals surface area (Å²) in [5, 5.41) is 1.17. The lowest BCUT2D eigenvalue weighted by Gasteiger charge is -2.06. The molecular formula is C26H33P. The second-order valence-corrected chi connectivity index (χ2v) is 7.33. The van der Waals surface area contributed by atoms with Gasteiger partial charge >= 0.3 is 0 Å². The van der Waals surface area contributed by atoms with Gasteiger partial charge in [-0.1, -0.05) is 98.8 Å². The Bertz CT molecular complexity index is 804. The van der Waals surface area contributed by atoms with Gasteiger partial charge in [-0.15, -0.1) is 9.24 Å². The summed E-state index contributed by atoms with van der Waals surface area (Å²) in [7, 11) is 2.75. The van der Waals surface area contributed by atoms with Crippen LogP contribution in [-0.2, 0) is 6.42 Å². The summed E-state index contributed by atoms with van der Waals surface area (Å²) in [5.41, 5.74) is 7.67. The average Bonchev–Trinajstić information content (AvgIpc) is 2.68. The van der Waals surface area contributed by atoms with E-state index in [1.165, 1.54) is 46.0 Å². The normalized spacial score (nSPS) is 11.4. The maximum absolute atomic E-state index is 3.94. The molecule has 0 aliphatic carbocycles. The fourth-order valence-corrected chi connectivity index (χ4v) is 2.91. The van der Waals surface area contributed by atoms with Gasteiger partial charge in [-0.2, -0.15) is 0 Å². The van der Waals surface area contributed by atoms with Crippen molar-refractivity contribution in [2.24, 2.45) is 0 Å². The van der Waals surface area contributed by atoms with Crippen LogP contribution in [0.25, 0.3) is 11.1 Å². The quantitative estimate of drug-likeness (QED) is 0.354. The molecule has 0 aliphatic rings. The Balaban J connectivity index is 0.000000309. The molecule has 142 valence electrons. The predicted molar refractivity (Wildman–Crippen MR) is 128 cm³/mol. The summed E-state index contributed by atoms with van der Waals surface area (Å²) in [5.74, 6) is 0. The van der Waals surface area contributed by atoms with Crippen LogP contribution in [0, 0.1) is 6.92 Å². The van der Waals surface area contributed by atoms with E-state index >= 15 is 0 Å². The summed E-state index contributed by atoms with van der Waals surface area (Å²) in [6.07, 6.45) is 8.22.